The second-order valence-corrected chi connectivity index (χ2v) is 13.5. The van der Waals surface area contributed by atoms with Crippen LogP contribution in [0.25, 0.3) is 21.5 Å². The molecule has 0 aliphatic heterocycles. The van der Waals surface area contributed by atoms with E-state index in [-0.39, 0.29) is 11.6 Å². The van der Waals surface area contributed by atoms with Gasteiger partial charge in [-0.15, -0.1) is 0 Å². The number of hydrogen-bond acceptors (Lipinski definition) is 0. The minimum absolute atomic E-state index is 0.269. The lowest BCUT2D eigenvalue weighted by Gasteiger charge is -2.05. The number of fused-ring (bicyclic) bond motifs is 2. The van der Waals surface area contributed by atoms with Crippen molar-refractivity contribution in [1.82, 2.24) is 0 Å². The third kappa shape index (κ3) is 11.2. The van der Waals surface area contributed by atoms with E-state index in [2.05, 4.69) is 47.4 Å². The minimum atomic E-state index is -4.34. The van der Waals surface area contributed by atoms with Crippen molar-refractivity contribution in [2.75, 3.05) is 0 Å². The Hall–Kier alpha value is -7.83. The molecule has 0 bridgehead atoms. The summed E-state index contributed by atoms with van der Waals surface area (Å²) >= 11 is 0. The third-order valence-electron chi connectivity index (χ3n) is 9.04. The highest BCUT2D eigenvalue weighted by molar-refractivity contribution is 5.86. The molecule has 0 atom stereocenters. The largest absolute Gasteiger partial charge is 0.416 e. The SMILES string of the molecule is Cc1ccc(C#Cc2ccc3cc(C#Cc4ccc(C(F)(F)F)cc4)ccc3c2)cc1.Fc1ccc(C#Cc2ccc3cc(C#Cc4ccc(F)cc4)ccc3c2)cc1. The Bertz CT molecular complexity index is 2930. The van der Waals surface area contributed by atoms with E-state index >= 15 is 0 Å². The van der Waals surface area contributed by atoms with E-state index in [0.717, 1.165) is 72.6 Å². The molecule has 0 saturated heterocycles. The molecular weight excluding hydrogens is 744 g/mol. The molecule has 0 radical (unpaired) electrons. The summed E-state index contributed by atoms with van der Waals surface area (Å²) in [5, 5.41) is 4.22. The lowest BCUT2D eigenvalue weighted by Crippen LogP contribution is -2.04. The van der Waals surface area contributed by atoms with E-state index in [1.54, 1.807) is 24.3 Å². The average Bonchev–Trinajstić information content (AvgIpc) is 3.25. The van der Waals surface area contributed by atoms with Crippen LogP contribution in [0.15, 0.2) is 170 Å². The predicted octanol–water partition coefficient (Wildman–Crippen LogP) is 12.9. The van der Waals surface area contributed by atoms with Crippen molar-refractivity contribution < 1.29 is 22.0 Å². The van der Waals surface area contributed by atoms with Gasteiger partial charge < -0.3 is 0 Å². The number of rotatable bonds is 0. The van der Waals surface area contributed by atoms with Crippen LogP contribution in [0.2, 0.25) is 0 Å². The monoisotopic (exact) mass is 774 g/mol. The number of halogens is 5. The van der Waals surface area contributed by atoms with Gasteiger partial charge in [0.25, 0.3) is 0 Å². The van der Waals surface area contributed by atoms with E-state index in [0.29, 0.717) is 5.56 Å². The van der Waals surface area contributed by atoms with Gasteiger partial charge >= 0.3 is 6.18 Å². The molecule has 0 heterocycles. The maximum absolute atomic E-state index is 13.0. The number of benzene rings is 8. The van der Waals surface area contributed by atoms with Crippen molar-refractivity contribution in [1.29, 1.82) is 0 Å². The first-order chi connectivity index (χ1) is 28.5. The molecule has 8 aromatic carbocycles. The molecule has 0 saturated carbocycles. The van der Waals surface area contributed by atoms with Gasteiger partial charge in [-0.2, -0.15) is 13.2 Å². The zero-order valence-electron chi connectivity index (χ0n) is 31.6. The van der Waals surface area contributed by atoms with Crippen LogP contribution >= 0.6 is 0 Å². The highest BCUT2D eigenvalue weighted by atomic mass is 19.4. The maximum atomic E-state index is 13.0. The van der Waals surface area contributed by atoms with Gasteiger partial charge in [-0.25, -0.2) is 8.78 Å². The van der Waals surface area contributed by atoms with Crippen molar-refractivity contribution >= 4 is 21.5 Å². The number of aryl methyl sites for hydroxylation is 1. The standard InChI is InChI=1S/C28H17F3.C26H14F2/c1-20-2-4-21(5-3-20)6-8-23-10-14-26-19-24(11-15-25(26)18-23)9-7-22-12-16-27(17-13-22)28(29,30)31;27-25-13-7-19(8-14-25)1-3-21-5-11-24-18-22(6-12-23(24)17-21)4-2-20-9-15-26(28)16-10-20/h2-5,10-19H,1H3;5-18H. The molecule has 0 N–H and O–H groups in total. The predicted molar refractivity (Wildman–Crippen MR) is 227 cm³/mol. The smallest absolute Gasteiger partial charge is 0.207 e. The highest BCUT2D eigenvalue weighted by Gasteiger charge is 2.29. The van der Waals surface area contributed by atoms with Gasteiger partial charge in [0.15, 0.2) is 0 Å². The molecular formula is C54H31F5. The summed E-state index contributed by atoms with van der Waals surface area (Å²) in [7, 11) is 0. The minimum Gasteiger partial charge on any atom is -0.207 e. The van der Waals surface area contributed by atoms with Crippen LogP contribution in [0.1, 0.15) is 55.6 Å². The molecule has 0 amide bonds. The molecule has 0 unspecified atom stereocenters. The van der Waals surface area contributed by atoms with E-state index in [4.69, 9.17) is 0 Å². The summed E-state index contributed by atoms with van der Waals surface area (Å²) in [6.45, 7) is 2.04. The van der Waals surface area contributed by atoms with Gasteiger partial charge in [0.1, 0.15) is 11.6 Å². The Morgan fingerprint density at radius 1 is 0.305 bits per heavy atom. The topological polar surface area (TPSA) is 0 Å². The van der Waals surface area contributed by atoms with Crippen molar-refractivity contribution in [3.63, 3.8) is 0 Å². The molecule has 8 rings (SSSR count). The second-order valence-electron chi connectivity index (χ2n) is 13.5. The molecule has 0 aromatic heterocycles. The number of alkyl halides is 3. The lowest BCUT2D eigenvalue weighted by atomic mass is 10.0. The molecule has 0 spiro atoms. The average molecular weight is 775 g/mol. The van der Waals surface area contributed by atoms with Crippen molar-refractivity contribution in [2.24, 2.45) is 0 Å². The summed E-state index contributed by atoms with van der Waals surface area (Å²) in [4.78, 5) is 0. The van der Waals surface area contributed by atoms with Crippen LogP contribution in [-0.2, 0) is 6.18 Å². The number of hydrogen-bond donors (Lipinski definition) is 0. The molecule has 0 aliphatic rings. The Morgan fingerprint density at radius 2 is 0.542 bits per heavy atom. The van der Waals surface area contributed by atoms with E-state index in [1.165, 1.54) is 42.0 Å². The first-order valence-corrected chi connectivity index (χ1v) is 18.4. The maximum Gasteiger partial charge on any atom is 0.416 e. The Balaban J connectivity index is 0.000000180. The van der Waals surface area contributed by atoms with Crippen molar-refractivity contribution in [3.8, 4) is 47.4 Å². The molecule has 282 valence electrons. The summed E-state index contributed by atoms with van der Waals surface area (Å²) in [6, 6.07) is 49.0. The van der Waals surface area contributed by atoms with Gasteiger partial charge in [-0.1, -0.05) is 89.3 Å². The summed E-state index contributed by atoms with van der Waals surface area (Å²) in [5.74, 6) is 24.1. The van der Waals surface area contributed by atoms with Gasteiger partial charge in [0.2, 0.25) is 0 Å². The van der Waals surface area contributed by atoms with E-state index in [1.807, 2.05) is 104 Å². The van der Waals surface area contributed by atoms with Crippen LogP contribution in [0.3, 0.4) is 0 Å². The van der Waals surface area contributed by atoms with E-state index in [9.17, 15) is 22.0 Å². The van der Waals surface area contributed by atoms with Crippen LogP contribution in [0.4, 0.5) is 22.0 Å². The fraction of sp³-hybridized carbons (Fsp3) is 0.0370. The molecule has 8 aromatic rings. The second kappa shape index (κ2) is 18.0. The molecule has 0 fully saturated rings. The van der Waals surface area contributed by atoms with Gasteiger partial charge in [0.05, 0.1) is 5.56 Å². The van der Waals surface area contributed by atoms with Crippen LogP contribution < -0.4 is 0 Å². The van der Waals surface area contributed by atoms with Gasteiger partial charge in [-0.3, -0.25) is 0 Å². The summed E-state index contributed by atoms with van der Waals surface area (Å²) in [6.07, 6.45) is -4.34. The summed E-state index contributed by atoms with van der Waals surface area (Å²) < 4.78 is 63.9. The van der Waals surface area contributed by atoms with Crippen LogP contribution in [0, 0.1) is 65.9 Å². The Labute approximate surface area is 340 Å². The van der Waals surface area contributed by atoms with Crippen molar-refractivity contribution in [3.05, 3.63) is 237 Å². The Morgan fingerprint density at radius 3 is 0.831 bits per heavy atom. The van der Waals surface area contributed by atoms with Crippen LogP contribution in [-0.4, -0.2) is 0 Å². The third-order valence-corrected chi connectivity index (χ3v) is 9.04. The normalized spacial score (nSPS) is 10.3. The van der Waals surface area contributed by atoms with E-state index < -0.39 is 11.7 Å². The van der Waals surface area contributed by atoms with Gasteiger partial charge in [-0.05, 0) is 162 Å². The first-order valence-electron chi connectivity index (χ1n) is 18.4. The molecule has 5 heteroatoms. The van der Waals surface area contributed by atoms with Crippen LogP contribution in [0.5, 0.6) is 0 Å². The molecule has 0 aliphatic carbocycles. The first kappa shape index (κ1) is 39.4. The van der Waals surface area contributed by atoms with Crippen molar-refractivity contribution in [2.45, 2.75) is 13.1 Å². The summed E-state index contributed by atoms with van der Waals surface area (Å²) in [5.41, 5.74) is 7.08. The highest BCUT2D eigenvalue weighted by Crippen LogP contribution is 2.29. The molecule has 59 heavy (non-hydrogen) atoms. The zero-order chi connectivity index (χ0) is 41.2. The fourth-order valence-electron chi connectivity index (χ4n) is 5.83. The van der Waals surface area contributed by atoms with Gasteiger partial charge in [0, 0.05) is 44.5 Å². The quantitative estimate of drug-likeness (QED) is 0.106. The Kier molecular flexibility index (Phi) is 12.0. The lowest BCUT2D eigenvalue weighted by molar-refractivity contribution is -0.137. The fourth-order valence-corrected chi connectivity index (χ4v) is 5.83. The molecule has 0 nitrogen and oxygen atoms in total. The zero-order valence-corrected chi connectivity index (χ0v) is 31.6.